The minimum Gasteiger partial charge on any atom is -0.380 e. The van der Waals surface area contributed by atoms with Crippen LogP contribution in [0.25, 0.3) is 11.0 Å². The number of aryl methyl sites for hydroxylation is 1. The molecule has 27 heavy (non-hydrogen) atoms. The molecule has 3 heteroatoms. The highest BCUT2D eigenvalue weighted by atomic mass is 16.3. The maximum atomic E-state index is 10.9. The van der Waals surface area contributed by atoms with Gasteiger partial charge in [-0.2, -0.15) is 0 Å². The van der Waals surface area contributed by atoms with Crippen LogP contribution < -0.4 is 0 Å². The Balaban J connectivity index is 1.66. The van der Waals surface area contributed by atoms with Crippen molar-refractivity contribution in [3.63, 3.8) is 0 Å². The molecule has 144 valence electrons. The van der Waals surface area contributed by atoms with Crippen LogP contribution in [-0.2, 0) is 6.54 Å². The summed E-state index contributed by atoms with van der Waals surface area (Å²) in [7, 11) is 0. The van der Waals surface area contributed by atoms with Crippen molar-refractivity contribution in [1.29, 1.82) is 0 Å². The summed E-state index contributed by atoms with van der Waals surface area (Å²) in [5, 5.41) is 10.9. The van der Waals surface area contributed by atoms with Crippen molar-refractivity contribution in [2.24, 2.45) is 0 Å². The van der Waals surface area contributed by atoms with Crippen molar-refractivity contribution in [3.05, 3.63) is 66.0 Å². The van der Waals surface area contributed by atoms with E-state index in [9.17, 15) is 5.11 Å². The van der Waals surface area contributed by atoms with Crippen LogP contribution >= 0.6 is 0 Å². The second-order valence-electron chi connectivity index (χ2n) is 7.40. The number of rotatable bonds is 11. The number of fused-ring (bicyclic) bond motifs is 1. The summed E-state index contributed by atoms with van der Waals surface area (Å²) >= 11 is 0. The number of imidazole rings is 1. The standard InChI is InChI=1S/C24H32N2O/c1-2-3-4-5-6-7-8-14-19-26-22-18-13-12-17-21(22)25-24(26)23(27)20-15-10-9-11-16-20/h9-13,15-18,23,27H,2-8,14,19H2,1H3. The molecular weight excluding hydrogens is 332 g/mol. The molecule has 0 fully saturated rings. The van der Waals surface area contributed by atoms with Gasteiger partial charge in [0.2, 0.25) is 0 Å². The Bertz CT molecular complexity index is 810. The van der Waals surface area contributed by atoms with Gasteiger partial charge in [0.25, 0.3) is 0 Å². The predicted molar refractivity (Wildman–Crippen MR) is 113 cm³/mol. The molecule has 0 aliphatic rings. The van der Waals surface area contributed by atoms with Crippen molar-refractivity contribution < 1.29 is 5.11 Å². The van der Waals surface area contributed by atoms with E-state index in [-0.39, 0.29) is 0 Å². The zero-order valence-corrected chi connectivity index (χ0v) is 16.5. The summed E-state index contributed by atoms with van der Waals surface area (Å²) in [6.45, 7) is 3.17. The number of para-hydroxylation sites is 2. The molecule has 1 atom stereocenters. The molecular formula is C24H32N2O. The lowest BCUT2D eigenvalue weighted by atomic mass is 10.1. The van der Waals surface area contributed by atoms with Crippen molar-refractivity contribution in [1.82, 2.24) is 9.55 Å². The summed E-state index contributed by atoms with van der Waals surface area (Å²) < 4.78 is 2.21. The van der Waals surface area contributed by atoms with Gasteiger partial charge < -0.3 is 9.67 Å². The molecule has 0 saturated carbocycles. The van der Waals surface area contributed by atoms with Gasteiger partial charge in [-0.05, 0) is 24.1 Å². The number of hydrogen-bond donors (Lipinski definition) is 1. The highest BCUT2D eigenvalue weighted by molar-refractivity contribution is 5.76. The van der Waals surface area contributed by atoms with Gasteiger partial charge in [-0.25, -0.2) is 4.98 Å². The number of unbranched alkanes of at least 4 members (excludes halogenated alkanes) is 7. The van der Waals surface area contributed by atoms with Crippen LogP contribution in [0.2, 0.25) is 0 Å². The summed E-state index contributed by atoms with van der Waals surface area (Å²) in [6.07, 6.45) is 9.71. The van der Waals surface area contributed by atoms with E-state index in [1.54, 1.807) is 0 Å². The largest absolute Gasteiger partial charge is 0.380 e. The van der Waals surface area contributed by atoms with E-state index < -0.39 is 6.10 Å². The van der Waals surface area contributed by atoms with Crippen LogP contribution in [0, 0.1) is 0 Å². The average molecular weight is 365 g/mol. The number of benzene rings is 2. The van der Waals surface area contributed by atoms with Gasteiger partial charge in [-0.1, -0.05) is 94.3 Å². The lowest BCUT2D eigenvalue weighted by Gasteiger charge is -2.14. The minimum absolute atomic E-state index is 0.687. The average Bonchev–Trinajstić information content (AvgIpc) is 3.09. The first kappa shape index (κ1) is 19.6. The zero-order valence-electron chi connectivity index (χ0n) is 16.5. The molecule has 0 radical (unpaired) electrons. The van der Waals surface area contributed by atoms with E-state index >= 15 is 0 Å². The molecule has 1 aromatic heterocycles. The third-order valence-corrected chi connectivity index (χ3v) is 5.28. The smallest absolute Gasteiger partial charge is 0.143 e. The second kappa shape index (κ2) is 10.3. The third-order valence-electron chi connectivity index (χ3n) is 5.28. The fourth-order valence-electron chi connectivity index (χ4n) is 3.73. The highest BCUT2D eigenvalue weighted by Crippen LogP contribution is 2.26. The van der Waals surface area contributed by atoms with E-state index in [4.69, 9.17) is 4.98 Å². The van der Waals surface area contributed by atoms with Gasteiger partial charge in [0.15, 0.2) is 0 Å². The minimum atomic E-state index is -0.687. The number of aromatic nitrogens is 2. The van der Waals surface area contributed by atoms with Crippen LogP contribution in [0.4, 0.5) is 0 Å². The van der Waals surface area contributed by atoms with Crippen LogP contribution in [0.1, 0.15) is 75.8 Å². The van der Waals surface area contributed by atoms with Gasteiger partial charge in [-0.15, -0.1) is 0 Å². The van der Waals surface area contributed by atoms with Gasteiger partial charge in [-0.3, -0.25) is 0 Å². The summed E-state index contributed by atoms with van der Waals surface area (Å²) in [5.74, 6) is 0.755. The summed E-state index contributed by atoms with van der Waals surface area (Å²) in [4.78, 5) is 4.75. The molecule has 0 spiro atoms. The Labute approximate surface area is 163 Å². The maximum Gasteiger partial charge on any atom is 0.143 e. The summed E-state index contributed by atoms with van der Waals surface area (Å²) in [5.41, 5.74) is 2.97. The molecule has 1 unspecified atom stereocenters. The van der Waals surface area contributed by atoms with Crippen LogP contribution in [0.15, 0.2) is 54.6 Å². The molecule has 2 aromatic carbocycles. The molecule has 0 aliphatic carbocycles. The Morgan fingerprint density at radius 2 is 1.44 bits per heavy atom. The Kier molecular flexibility index (Phi) is 7.46. The number of aliphatic hydroxyl groups excluding tert-OH is 1. The maximum absolute atomic E-state index is 10.9. The topological polar surface area (TPSA) is 38.0 Å². The van der Waals surface area contributed by atoms with Crippen LogP contribution in [0.5, 0.6) is 0 Å². The Hall–Kier alpha value is -2.13. The highest BCUT2D eigenvalue weighted by Gasteiger charge is 2.19. The van der Waals surface area contributed by atoms with E-state index in [0.29, 0.717) is 0 Å². The fourth-order valence-corrected chi connectivity index (χ4v) is 3.73. The first-order chi connectivity index (χ1) is 13.3. The Morgan fingerprint density at radius 1 is 0.815 bits per heavy atom. The summed E-state index contributed by atoms with van der Waals surface area (Å²) in [6, 6.07) is 18.0. The van der Waals surface area contributed by atoms with Crippen LogP contribution in [0.3, 0.4) is 0 Å². The van der Waals surface area contributed by atoms with Gasteiger partial charge in [0.1, 0.15) is 11.9 Å². The third kappa shape index (κ3) is 5.20. The molecule has 0 amide bonds. The van der Waals surface area contributed by atoms with Gasteiger partial charge >= 0.3 is 0 Å². The van der Waals surface area contributed by atoms with Crippen molar-refractivity contribution >= 4 is 11.0 Å². The first-order valence-electron chi connectivity index (χ1n) is 10.5. The molecule has 0 aliphatic heterocycles. The predicted octanol–water partition coefficient (Wildman–Crippen LogP) is 6.26. The SMILES string of the molecule is CCCCCCCCCCn1c(C(O)c2ccccc2)nc2ccccc21. The number of nitrogens with zero attached hydrogens (tertiary/aromatic N) is 2. The second-order valence-corrected chi connectivity index (χ2v) is 7.40. The van der Waals surface area contributed by atoms with Gasteiger partial charge in [0, 0.05) is 6.54 Å². The van der Waals surface area contributed by atoms with E-state index in [2.05, 4.69) is 17.6 Å². The van der Waals surface area contributed by atoms with Crippen LogP contribution in [-0.4, -0.2) is 14.7 Å². The van der Waals surface area contributed by atoms with Crippen molar-refractivity contribution in [3.8, 4) is 0 Å². The zero-order chi connectivity index (χ0) is 18.9. The molecule has 3 aromatic rings. The molecule has 1 N–H and O–H groups in total. The van der Waals surface area contributed by atoms with Crippen molar-refractivity contribution in [2.75, 3.05) is 0 Å². The van der Waals surface area contributed by atoms with Gasteiger partial charge in [0.05, 0.1) is 11.0 Å². The van der Waals surface area contributed by atoms with Crippen molar-refractivity contribution in [2.45, 2.75) is 70.9 Å². The van der Waals surface area contributed by atoms with E-state index in [0.717, 1.165) is 35.4 Å². The lowest BCUT2D eigenvalue weighted by molar-refractivity contribution is 0.204. The fraction of sp³-hybridized carbons (Fsp3) is 0.458. The lowest BCUT2D eigenvalue weighted by Crippen LogP contribution is -2.10. The molecule has 1 heterocycles. The molecule has 3 nitrogen and oxygen atoms in total. The number of aliphatic hydroxyl groups is 1. The van der Waals surface area contributed by atoms with E-state index in [1.807, 2.05) is 48.5 Å². The Morgan fingerprint density at radius 3 is 2.19 bits per heavy atom. The quantitative estimate of drug-likeness (QED) is 0.408. The first-order valence-corrected chi connectivity index (χ1v) is 10.5. The molecule has 0 bridgehead atoms. The monoisotopic (exact) mass is 364 g/mol. The molecule has 0 saturated heterocycles. The number of hydrogen-bond acceptors (Lipinski definition) is 2. The normalized spacial score (nSPS) is 12.5. The van der Waals surface area contributed by atoms with E-state index in [1.165, 1.54) is 44.9 Å². The molecule has 3 rings (SSSR count).